The number of epoxide rings is 1. The first-order chi connectivity index (χ1) is 7.26. The second-order valence-corrected chi connectivity index (χ2v) is 6.16. The highest BCUT2D eigenvalue weighted by Crippen LogP contribution is 2.13. The molecular weight excluding hydrogens is 216 g/mol. The molecule has 0 amide bonds. The molecule has 1 fully saturated rings. The summed E-state index contributed by atoms with van der Waals surface area (Å²) in [7, 11) is 2.29. The maximum atomic E-state index is 5.24. The summed E-state index contributed by atoms with van der Waals surface area (Å²) in [5, 5.41) is 0. The Labute approximate surface area is 91.3 Å². The molecule has 0 aromatic carbocycles. The molecule has 1 aliphatic rings. The fraction of sp³-hybridized carbons (Fsp3) is 0.778. The number of hydrogen-bond donors (Lipinski definition) is 0. The third-order valence-electron chi connectivity index (χ3n) is 2.18. The molecule has 0 bridgehead atoms. The number of ether oxygens (including phenoxy) is 2. The van der Waals surface area contributed by atoms with Gasteiger partial charge in [-0.1, -0.05) is 0 Å². The van der Waals surface area contributed by atoms with Crippen LogP contribution >= 0.6 is 0 Å². The van der Waals surface area contributed by atoms with E-state index in [9.17, 15) is 0 Å². The number of rotatable bonds is 8. The lowest BCUT2D eigenvalue weighted by Gasteiger charge is -2.22. The summed E-state index contributed by atoms with van der Waals surface area (Å²) in [6.45, 7) is 1.42. The molecule has 0 aromatic heterocycles. The predicted octanol–water partition coefficient (Wildman–Crippen LogP) is 0.794. The average Bonchev–Trinajstić information content (AvgIpc) is 3.08. The Bertz CT molecular complexity index is 192. The lowest BCUT2D eigenvalue weighted by molar-refractivity contribution is 0.126. The highest BCUT2D eigenvalue weighted by Gasteiger charge is 2.36. The van der Waals surface area contributed by atoms with Gasteiger partial charge in [0.05, 0.1) is 12.9 Å². The van der Waals surface area contributed by atoms with Gasteiger partial charge in [-0.05, 0) is 6.08 Å². The smallest absolute Gasteiger partial charge is 0.499 e. The molecule has 5 nitrogen and oxygen atoms in total. The summed E-state index contributed by atoms with van der Waals surface area (Å²) in [6.07, 6.45) is 3.77. The summed E-state index contributed by atoms with van der Waals surface area (Å²) in [5.41, 5.74) is 0. The SMILES string of the molecule is CO[Si](CC=COCC1CO1)(OC)OC. The van der Waals surface area contributed by atoms with Crippen LogP contribution in [-0.2, 0) is 22.8 Å². The van der Waals surface area contributed by atoms with E-state index in [1.165, 1.54) is 0 Å². The van der Waals surface area contributed by atoms with Crippen molar-refractivity contribution in [3.05, 3.63) is 12.3 Å². The molecule has 0 aromatic rings. The van der Waals surface area contributed by atoms with Crippen molar-refractivity contribution < 1.29 is 22.8 Å². The van der Waals surface area contributed by atoms with E-state index in [-0.39, 0.29) is 6.10 Å². The Balaban J connectivity index is 2.18. The standard InChI is InChI=1S/C9H18O5Si/c1-10-15(11-2,12-3)6-4-5-13-7-9-8-14-9/h4-5,9H,6-8H2,1-3H3. The van der Waals surface area contributed by atoms with Crippen LogP contribution in [-0.4, -0.2) is 49.5 Å². The minimum Gasteiger partial charge on any atom is -0.499 e. The molecule has 0 spiro atoms. The Hall–Kier alpha value is -0.403. The maximum absolute atomic E-state index is 5.24. The van der Waals surface area contributed by atoms with Crippen molar-refractivity contribution in [3.8, 4) is 0 Å². The van der Waals surface area contributed by atoms with Crippen LogP contribution in [0.25, 0.3) is 0 Å². The summed E-state index contributed by atoms with van der Waals surface area (Å²) in [6, 6.07) is 0.599. The molecule has 1 atom stereocenters. The molecule has 15 heavy (non-hydrogen) atoms. The minimum atomic E-state index is -2.48. The van der Waals surface area contributed by atoms with Crippen molar-refractivity contribution in [2.24, 2.45) is 0 Å². The quantitative estimate of drug-likeness (QED) is 0.353. The zero-order valence-electron chi connectivity index (χ0n) is 9.39. The van der Waals surface area contributed by atoms with Crippen molar-refractivity contribution in [2.45, 2.75) is 12.1 Å². The monoisotopic (exact) mass is 234 g/mol. The minimum absolute atomic E-state index is 0.281. The molecule has 0 N–H and O–H groups in total. The van der Waals surface area contributed by atoms with Gasteiger partial charge in [0.25, 0.3) is 0 Å². The van der Waals surface area contributed by atoms with Gasteiger partial charge in [0, 0.05) is 27.4 Å². The van der Waals surface area contributed by atoms with Crippen LogP contribution in [0.2, 0.25) is 6.04 Å². The topological polar surface area (TPSA) is 49.5 Å². The largest absolute Gasteiger partial charge is 0.504 e. The van der Waals surface area contributed by atoms with Crippen LogP contribution in [0, 0.1) is 0 Å². The van der Waals surface area contributed by atoms with Crippen LogP contribution in [0.15, 0.2) is 12.3 Å². The van der Waals surface area contributed by atoms with Crippen molar-refractivity contribution in [2.75, 3.05) is 34.5 Å². The Morgan fingerprint density at radius 2 is 1.87 bits per heavy atom. The molecule has 1 saturated heterocycles. The van der Waals surface area contributed by atoms with Crippen LogP contribution in [0.1, 0.15) is 0 Å². The van der Waals surface area contributed by atoms with Crippen molar-refractivity contribution >= 4 is 8.80 Å². The predicted molar refractivity (Wildman–Crippen MR) is 56.4 cm³/mol. The Kier molecular flexibility index (Phi) is 5.27. The van der Waals surface area contributed by atoms with Gasteiger partial charge in [0.15, 0.2) is 0 Å². The fourth-order valence-corrected chi connectivity index (χ4v) is 2.47. The van der Waals surface area contributed by atoms with Gasteiger partial charge >= 0.3 is 8.80 Å². The second-order valence-electron chi connectivity index (χ2n) is 3.16. The highest BCUT2D eigenvalue weighted by atomic mass is 28.4. The molecule has 1 rings (SSSR count). The lowest BCUT2D eigenvalue weighted by Crippen LogP contribution is -2.42. The first kappa shape index (κ1) is 12.7. The van der Waals surface area contributed by atoms with Crippen molar-refractivity contribution in [1.82, 2.24) is 0 Å². The lowest BCUT2D eigenvalue weighted by atomic mass is 10.5. The van der Waals surface area contributed by atoms with Crippen molar-refractivity contribution in [1.29, 1.82) is 0 Å². The molecule has 0 saturated carbocycles. The van der Waals surface area contributed by atoms with E-state index in [2.05, 4.69) is 0 Å². The summed E-state index contributed by atoms with van der Waals surface area (Å²) in [5.74, 6) is 0. The van der Waals surface area contributed by atoms with E-state index in [0.29, 0.717) is 12.7 Å². The van der Waals surface area contributed by atoms with E-state index in [4.69, 9.17) is 22.8 Å². The molecule has 1 heterocycles. The first-order valence-electron chi connectivity index (χ1n) is 4.80. The van der Waals surface area contributed by atoms with Gasteiger partial charge < -0.3 is 22.8 Å². The molecule has 0 radical (unpaired) electrons. The summed E-state index contributed by atoms with van der Waals surface area (Å²) >= 11 is 0. The molecule has 6 heteroatoms. The van der Waals surface area contributed by atoms with Gasteiger partial charge in [-0.25, -0.2) is 0 Å². The molecular formula is C9H18O5Si. The van der Waals surface area contributed by atoms with Gasteiger partial charge in [0.1, 0.15) is 12.7 Å². The van der Waals surface area contributed by atoms with Crippen LogP contribution in [0.5, 0.6) is 0 Å². The maximum Gasteiger partial charge on any atom is 0.504 e. The van der Waals surface area contributed by atoms with Gasteiger partial charge in [0.2, 0.25) is 0 Å². The normalized spacial score (nSPS) is 20.9. The summed E-state index contributed by atoms with van der Waals surface area (Å²) in [4.78, 5) is 0. The first-order valence-corrected chi connectivity index (χ1v) is 6.73. The number of allylic oxidation sites excluding steroid dienone is 1. The van der Waals surface area contributed by atoms with E-state index in [1.807, 2.05) is 6.08 Å². The highest BCUT2D eigenvalue weighted by molar-refractivity contribution is 6.61. The zero-order chi connectivity index (χ0) is 11.1. The van der Waals surface area contributed by atoms with E-state index in [1.54, 1.807) is 27.6 Å². The third kappa shape index (κ3) is 4.31. The molecule has 0 aliphatic carbocycles. The van der Waals surface area contributed by atoms with Crippen molar-refractivity contribution in [3.63, 3.8) is 0 Å². The van der Waals surface area contributed by atoms with Crippen LogP contribution in [0.3, 0.4) is 0 Å². The summed E-state index contributed by atoms with van der Waals surface area (Å²) < 4.78 is 25.9. The van der Waals surface area contributed by atoms with Gasteiger partial charge in [-0.3, -0.25) is 0 Å². The Morgan fingerprint density at radius 3 is 2.33 bits per heavy atom. The Morgan fingerprint density at radius 1 is 1.27 bits per heavy atom. The number of hydrogen-bond acceptors (Lipinski definition) is 5. The van der Waals surface area contributed by atoms with E-state index in [0.717, 1.165) is 6.61 Å². The van der Waals surface area contributed by atoms with E-state index >= 15 is 0 Å². The average molecular weight is 234 g/mol. The van der Waals surface area contributed by atoms with Gasteiger partial charge in [-0.15, -0.1) is 0 Å². The fourth-order valence-electron chi connectivity index (χ4n) is 1.09. The second kappa shape index (κ2) is 6.24. The van der Waals surface area contributed by atoms with Gasteiger partial charge in [-0.2, -0.15) is 0 Å². The molecule has 88 valence electrons. The van der Waals surface area contributed by atoms with Crippen LogP contribution in [0.4, 0.5) is 0 Å². The van der Waals surface area contributed by atoms with Crippen LogP contribution < -0.4 is 0 Å². The van der Waals surface area contributed by atoms with E-state index < -0.39 is 8.80 Å². The molecule has 1 unspecified atom stereocenters. The third-order valence-corrected chi connectivity index (χ3v) is 4.78. The molecule has 1 aliphatic heterocycles. The zero-order valence-corrected chi connectivity index (χ0v) is 10.4.